The van der Waals surface area contributed by atoms with Crippen molar-refractivity contribution in [2.24, 2.45) is 0 Å². The predicted octanol–water partition coefficient (Wildman–Crippen LogP) is 3.69. The molecular weight excluding hydrogens is 382 g/mol. The van der Waals surface area contributed by atoms with Crippen LogP contribution in [-0.2, 0) is 4.74 Å². The van der Waals surface area contributed by atoms with Crippen LogP contribution in [0.4, 0.5) is 0 Å². The molecule has 0 radical (unpaired) electrons. The number of halogens is 2. The van der Waals surface area contributed by atoms with Crippen LogP contribution in [-0.4, -0.2) is 37.6 Å². The lowest BCUT2D eigenvalue weighted by Gasteiger charge is -2.26. The van der Waals surface area contributed by atoms with Gasteiger partial charge in [0.15, 0.2) is 0 Å². The molecule has 0 aliphatic carbocycles. The Morgan fingerprint density at radius 1 is 1.56 bits per heavy atom. The molecule has 0 spiro atoms. The van der Waals surface area contributed by atoms with Crippen molar-refractivity contribution in [2.75, 3.05) is 26.8 Å². The first-order valence-electron chi connectivity index (χ1n) is 5.52. The first kappa shape index (κ1) is 14.2. The quantitative estimate of drug-likeness (QED) is 0.731. The van der Waals surface area contributed by atoms with Crippen LogP contribution in [0.1, 0.15) is 16.8 Å². The molecule has 1 aliphatic rings. The molecule has 1 aromatic heterocycles. The maximum Gasteiger partial charge on any atom is 0.256 e. The first-order valence-corrected chi connectivity index (χ1v) is 7.93. The third-order valence-electron chi connectivity index (χ3n) is 2.81. The molecule has 0 saturated carbocycles. The van der Waals surface area contributed by atoms with Gasteiger partial charge in [0.1, 0.15) is 0 Å². The SMILES string of the molecule is COCC1=CCN(C(=O)c2cc(Br)sc2Br)CC1. The standard InChI is InChI=1S/C12H13Br2NO2S/c1-17-7-8-2-4-15(5-3-8)12(16)9-6-10(13)18-11(9)14/h2,6H,3-5,7H2,1H3. The zero-order valence-corrected chi connectivity index (χ0v) is 13.9. The van der Waals surface area contributed by atoms with Gasteiger partial charge in [0.05, 0.1) is 19.7 Å². The van der Waals surface area contributed by atoms with Crippen molar-refractivity contribution in [3.63, 3.8) is 0 Å². The minimum absolute atomic E-state index is 0.0801. The number of methoxy groups -OCH3 is 1. The van der Waals surface area contributed by atoms with Crippen molar-refractivity contribution in [2.45, 2.75) is 6.42 Å². The predicted molar refractivity (Wildman–Crippen MR) is 80.2 cm³/mol. The van der Waals surface area contributed by atoms with Gasteiger partial charge < -0.3 is 9.64 Å². The van der Waals surface area contributed by atoms with E-state index in [4.69, 9.17) is 4.74 Å². The highest BCUT2D eigenvalue weighted by atomic mass is 79.9. The van der Waals surface area contributed by atoms with Gasteiger partial charge in [0.25, 0.3) is 5.91 Å². The Labute approximate surface area is 127 Å². The van der Waals surface area contributed by atoms with E-state index in [1.54, 1.807) is 7.11 Å². The molecule has 2 heterocycles. The fourth-order valence-electron chi connectivity index (χ4n) is 1.87. The molecule has 0 saturated heterocycles. The van der Waals surface area contributed by atoms with Gasteiger partial charge >= 0.3 is 0 Å². The lowest BCUT2D eigenvalue weighted by atomic mass is 10.1. The Bertz CT molecular complexity index is 484. The highest BCUT2D eigenvalue weighted by Gasteiger charge is 2.22. The summed E-state index contributed by atoms with van der Waals surface area (Å²) in [4.78, 5) is 14.2. The lowest BCUT2D eigenvalue weighted by Crippen LogP contribution is -2.35. The van der Waals surface area contributed by atoms with Crippen LogP contribution in [0.15, 0.2) is 25.3 Å². The average molecular weight is 395 g/mol. The summed E-state index contributed by atoms with van der Waals surface area (Å²) in [6, 6.07) is 1.87. The van der Waals surface area contributed by atoms with E-state index in [9.17, 15) is 4.79 Å². The summed E-state index contributed by atoms with van der Waals surface area (Å²) in [5.41, 5.74) is 2.00. The maximum atomic E-state index is 12.3. The van der Waals surface area contributed by atoms with Gasteiger partial charge in [-0.15, -0.1) is 11.3 Å². The Morgan fingerprint density at radius 2 is 2.33 bits per heavy atom. The summed E-state index contributed by atoms with van der Waals surface area (Å²) in [7, 11) is 1.69. The second-order valence-corrected chi connectivity index (χ2v) is 7.78. The Kier molecular flexibility index (Phi) is 5.00. The normalized spacial score (nSPS) is 15.7. The number of hydrogen-bond acceptors (Lipinski definition) is 3. The van der Waals surface area contributed by atoms with Crippen LogP contribution in [0.3, 0.4) is 0 Å². The Hall–Kier alpha value is -0.170. The highest BCUT2D eigenvalue weighted by molar-refractivity contribution is 9.12. The summed E-state index contributed by atoms with van der Waals surface area (Å²) in [6.45, 7) is 2.08. The van der Waals surface area contributed by atoms with E-state index in [0.717, 1.165) is 26.1 Å². The van der Waals surface area contributed by atoms with Crippen LogP contribution in [0.5, 0.6) is 0 Å². The van der Waals surface area contributed by atoms with Gasteiger partial charge in [-0.05, 0) is 49.9 Å². The fraction of sp³-hybridized carbons (Fsp3) is 0.417. The molecule has 1 amide bonds. The van der Waals surface area contributed by atoms with Crippen LogP contribution >= 0.6 is 43.2 Å². The molecule has 1 aliphatic heterocycles. The van der Waals surface area contributed by atoms with E-state index >= 15 is 0 Å². The van der Waals surface area contributed by atoms with Crippen molar-refractivity contribution < 1.29 is 9.53 Å². The van der Waals surface area contributed by atoms with E-state index < -0.39 is 0 Å². The smallest absolute Gasteiger partial charge is 0.256 e. The third-order valence-corrected chi connectivity index (χ3v) is 5.15. The number of carbonyl (C=O) groups excluding carboxylic acids is 1. The minimum atomic E-state index is 0.0801. The average Bonchev–Trinajstić information content (AvgIpc) is 2.69. The number of amides is 1. The molecule has 0 fully saturated rings. The van der Waals surface area contributed by atoms with Crippen molar-refractivity contribution in [3.05, 3.63) is 30.9 Å². The van der Waals surface area contributed by atoms with Gasteiger partial charge in [-0.1, -0.05) is 6.08 Å². The molecule has 0 aromatic carbocycles. The molecule has 0 atom stereocenters. The van der Waals surface area contributed by atoms with Crippen LogP contribution in [0, 0.1) is 0 Å². The Balaban J connectivity index is 2.06. The van der Waals surface area contributed by atoms with Crippen molar-refractivity contribution in [1.82, 2.24) is 4.90 Å². The number of ether oxygens (including phenoxy) is 1. The monoisotopic (exact) mass is 393 g/mol. The summed E-state index contributed by atoms with van der Waals surface area (Å²) >= 11 is 8.34. The van der Waals surface area contributed by atoms with Gasteiger partial charge in [0.2, 0.25) is 0 Å². The number of rotatable bonds is 3. The zero-order chi connectivity index (χ0) is 13.1. The second kappa shape index (κ2) is 6.32. The van der Waals surface area contributed by atoms with Crippen LogP contribution in [0.2, 0.25) is 0 Å². The summed E-state index contributed by atoms with van der Waals surface area (Å²) in [5, 5.41) is 0. The first-order chi connectivity index (χ1) is 8.61. The van der Waals surface area contributed by atoms with Gasteiger partial charge in [-0.25, -0.2) is 0 Å². The lowest BCUT2D eigenvalue weighted by molar-refractivity contribution is 0.0764. The minimum Gasteiger partial charge on any atom is -0.380 e. The van der Waals surface area contributed by atoms with E-state index in [1.165, 1.54) is 16.9 Å². The number of carbonyl (C=O) groups is 1. The molecule has 3 nitrogen and oxygen atoms in total. The largest absolute Gasteiger partial charge is 0.380 e. The number of hydrogen-bond donors (Lipinski definition) is 0. The van der Waals surface area contributed by atoms with E-state index in [-0.39, 0.29) is 5.91 Å². The van der Waals surface area contributed by atoms with Crippen LogP contribution in [0.25, 0.3) is 0 Å². The van der Waals surface area contributed by atoms with E-state index in [0.29, 0.717) is 13.2 Å². The molecule has 1 aromatic rings. The topological polar surface area (TPSA) is 29.5 Å². The maximum absolute atomic E-state index is 12.3. The van der Waals surface area contributed by atoms with Gasteiger partial charge in [-0.2, -0.15) is 0 Å². The molecular formula is C12H13Br2NO2S. The molecule has 18 heavy (non-hydrogen) atoms. The Morgan fingerprint density at radius 3 is 2.83 bits per heavy atom. The highest BCUT2D eigenvalue weighted by Crippen LogP contribution is 2.33. The van der Waals surface area contributed by atoms with Crippen molar-refractivity contribution in [1.29, 1.82) is 0 Å². The van der Waals surface area contributed by atoms with Gasteiger partial charge in [-0.3, -0.25) is 4.79 Å². The van der Waals surface area contributed by atoms with Crippen molar-refractivity contribution in [3.8, 4) is 0 Å². The van der Waals surface area contributed by atoms with E-state index in [1.807, 2.05) is 11.0 Å². The van der Waals surface area contributed by atoms with Gasteiger partial charge in [0, 0.05) is 20.2 Å². The molecule has 0 bridgehead atoms. The summed E-state index contributed by atoms with van der Waals surface area (Å²) in [5.74, 6) is 0.0801. The van der Waals surface area contributed by atoms with Crippen LogP contribution < -0.4 is 0 Å². The zero-order valence-electron chi connectivity index (χ0n) is 9.91. The molecule has 6 heteroatoms. The fourth-order valence-corrected chi connectivity index (χ4v) is 4.65. The second-order valence-electron chi connectivity index (χ2n) is 4.03. The molecule has 0 N–H and O–H groups in total. The third kappa shape index (κ3) is 3.23. The molecule has 98 valence electrons. The summed E-state index contributed by atoms with van der Waals surface area (Å²) < 4.78 is 6.94. The molecule has 0 unspecified atom stereocenters. The summed E-state index contributed by atoms with van der Waals surface area (Å²) in [6.07, 6.45) is 2.97. The van der Waals surface area contributed by atoms with E-state index in [2.05, 4.69) is 37.9 Å². The number of nitrogens with zero attached hydrogens (tertiary/aromatic N) is 1. The number of thiophene rings is 1. The van der Waals surface area contributed by atoms with Crippen molar-refractivity contribution >= 4 is 49.1 Å². The molecule has 2 rings (SSSR count).